The van der Waals surface area contributed by atoms with Gasteiger partial charge in [-0.15, -0.1) is 0 Å². The number of halogens is 1. The zero-order chi connectivity index (χ0) is 11.5. The van der Waals surface area contributed by atoms with E-state index in [2.05, 4.69) is 0 Å². The molecule has 0 heterocycles. The molecule has 0 saturated carbocycles. The van der Waals surface area contributed by atoms with Crippen LogP contribution in [-0.4, -0.2) is 41.8 Å². The molecule has 0 aliphatic heterocycles. The maximum absolute atomic E-state index is 11.0. The predicted molar refractivity (Wildman–Crippen MR) is 60.9 cm³/mol. The van der Waals surface area contributed by atoms with Gasteiger partial charge in [0.2, 0.25) is 0 Å². The van der Waals surface area contributed by atoms with E-state index in [1.807, 2.05) is 11.9 Å². The molecule has 0 aliphatic carbocycles. The summed E-state index contributed by atoms with van der Waals surface area (Å²) in [4.78, 5) is 1.92. The quantitative estimate of drug-likeness (QED) is 0.602. The Morgan fingerprint density at radius 3 is 2.27 bits per heavy atom. The molecule has 0 bridgehead atoms. The van der Waals surface area contributed by atoms with Gasteiger partial charge in [0, 0.05) is 0 Å². The van der Waals surface area contributed by atoms with Gasteiger partial charge in [0.15, 0.2) is 0 Å². The number of hydrogen-bond acceptors (Lipinski definition) is 2. The number of nitrogens with zero attached hydrogens (tertiary/aromatic N) is 1. The van der Waals surface area contributed by atoms with Crippen LogP contribution in [0, 0.1) is 0 Å². The van der Waals surface area contributed by atoms with Gasteiger partial charge in [0.1, 0.15) is 0 Å². The third kappa shape index (κ3) is 3.58. The maximum atomic E-state index is 11.0. The molecule has 0 amide bonds. The summed E-state index contributed by atoms with van der Waals surface area (Å²) in [7, 11) is 1.87. The average Bonchev–Trinajstić information content (AvgIpc) is 2.17. The van der Waals surface area contributed by atoms with Gasteiger partial charge in [0.25, 0.3) is 0 Å². The van der Waals surface area contributed by atoms with Gasteiger partial charge in [-0.3, -0.25) is 0 Å². The predicted octanol–water partition coefficient (Wildman–Crippen LogP) is -0.0774. The summed E-state index contributed by atoms with van der Waals surface area (Å²) in [6, 6.07) is 6.28. The Hall–Kier alpha value is -0.412. The molecule has 0 aromatic heterocycles. The molecule has 6 heteroatoms. The van der Waals surface area contributed by atoms with E-state index >= 15 is 0 Å². The summed E-state index contributed by atoms with van der Waals surface area (Å²) in [5.74, 6) is 0.514. The van der Waals surface area contributed by atoms with Crippen molar-refractivity contribution in [3.8, 4) is 0 Å². The fraction of sp³-hybridized carbons (Fsp3) is 0.333. The van der Waals surface area contributed by atoms with Gasteiger partial charge in [-0.25, -0.2) is 0 Å². The SMILES string of the molecule is CN(CCCl)c1ccc([As](=O)(O)O)cc1. The van der Waals surface area contributed by atoms with Crippen LogP contribution in [0.1, 0.15) is 0 Å². The van der Waals surface area contributed by atoms with Crippen LogP contribution in [-0.2, 0) is 3.74 Å². The fourth-order valence-electron chi connectivity index (χ4n) is 1.16. The number of anilines is 1. The van der Waals surface area contributed by atoms with Crippen LogP contribution in [0.15, 0.2) is 24.3 Å². The molecule has 0 aliphatic rings. The first-order valence-corrected chi connectivity index (χ1v) is 8.30. The molecule has 0 fully saturated rings. The van der Waals surface area contributed by atoms with E-state index in [9.17, 15) is 3.74 Å². The molecule has 2 N–H and O–H groups in total. The Kier molecular flexibility index (Phi) is 4.29. The summed E-state index contributed by atoms with van der Waals surface area (Å²) in [5.41, 5.74) is 0.892. The van der Waals surface area contributed by atoms with Crippen LogP contribution in [0.5, 0.6) is 0 Å². The molecule has 4 nitrogen and oxygen atoms in total. The summed E-state index contributed by atoms with van der Waals surface area (Å²) in [5, 5.41) is 0. The number of rotatable bonds is 4. The average molecular weight is 294 g/mol. The monoisotopic (exact) mass is 293 g/mol. The Balaban J connectivity index is 2.85. The van der Waals surface area contributed by atoms with Crippen molar-refractivity contribution in [1.82, 2.24) is 0 Å². The van der Waals surface area contributed by atoms with Crippen molar-refractivity contribution in [3.63, 3.8) is 0 Å². The second-order valence-corrected chi connectivity index (χ2v) is 6.92. The molecular formula is C9H13AsClNO3. The molecule has 0 atom stereocenters. The minimum absolute atomic E-state index is 0.0937. The first kappa shape index (κ1) is 12.7. The van der Waals surface area contributed by atoms with Crippen LogP contribution in [0.25, 0.3) is 0 Å². The zero-order valence-corrected chi connectivity index (χ0v) is 10.9. The molecule has 0 unspecified atom stereocenters. The second-order valence-electron chi connectivity index (χ2n) is 3.17. The summed E-state index contributed by atoms with van der Waals surface area (Å²) in [6.45, 7) is 0.696. The Morgan fingerprint density at radius 2 is 1.87 bits per heavy atom. The Bertz CT molecular complexity index is 362. The van der Waals surface area contributed by atoms with Crippen molar-refractivity contribution in [2.45, 2.75) is 0 Å². The molecule has 1 rings (SSSR count). The molecule has 0 spiro atoms. The van der Waals surface area contributed by atoms with Crippen LogP contribution in [0.4, 0.5) is 5.69 Å². The third-order valence-corrected chi connectivity index (χ3v) is 4.25. The zero-order valence-electron chi connectivity index (χ0n) is 8.30. The summed E-state index contributed by atoms with van der Waals surface area (Å²) in [6.07, 6.45) is 0. The van der Waals surface area contributed by atoms with Crippen molar-refractivity contribution >= 4 is 35.8 Å². The molecule has 84 valence electrons. The third-order valence-electron chi connectivity index (χ3n) is 2.05. The molecule has 15 heavy (non-hydrogen) atoms. The Labute approximate surface area is 96.5 Å². The molecular weight excluding hydrogens is 280 g/mol. The van der Waals surface area contributed by atoms with E-state index in [-0.39, 0.29) is 4.35 Å². The van der Waals surface area contributed by atoms with E-state index < -0.39 is 14.2 Å². The topological polar surface area (TPSA) is 60.8 Å². The van der Waals surface area contributed by atoms with Gasteiger partial charge < -0.3 is 0 Å². The van der Waals surface area contributed by atoms with E-state index in [4.69, 9.17) is 19.8 Å². The number of hydrogen-bond donors (Lipinski definition) is 2. The normalized spacial score (nSPS) is 11.5. The van der Waals surface area contributed by atoms with Crippen LogP contribution >= 0.6 is 11.6 Å². The Morgan fingerprint density at radius 1 is 1.33 bits per heavy atom. The van der Waals surface area contributed by atoms with Crippen molar-refractivity contribution < 1.29 is 11.9 Å². The van der Waals surface area contributed by atoms with Gasteiger partial charge >= 0.3 is 96.4 Å². The van der Waals surface area contributed by atoms with Gasteiger partial charge in [0.05, 0.1) is 0 Å². The first-order valence-electron chi connectivity index (χ1n) is 4.38. The van der Waals surface area contributed by atoms with Crippen LogP contribution < -0.4 is 9.25 Å². The van der Waals surface area contributed by atoms with Crippen molar-refractivity contribution in [2.24, 2.45) is 0 Å². The molecule has 1 aromatic carbocycles. The minimum atomic E-state index is -4.73. The summed E-state index contributed by atoms with van der Waals surface area (Å²) >= 11 is 0.855. The van der Waals surface area contributed by atoms with Gasteiger partial charge in [-0.2, -0.15) is 0 Å². The first-order chi connectivity index (χ1) is 6.95. The van der Waals surface area contributed by atoms with E-state index in [0.717, 1.165) is 5.69 Å². The molecule has 0 radical (unpaired) electrons. The van der Waals surface area contributed by atoms with Crippen molar-refractivity contribution in [2.75, 3.05) is 24.4 Å². The van der Waals surface area contributed by atoms with Gasteiger partial charge in [-0.1, -0.05) is 0 Å². The standard InChI is InChI=1S/C9H13AsClNO3/c1-12(7-6-11)9-4-2-8(3-5-9)10(13,14)15/h2-5H,6-7H2,1H3,(H2,13,14,15). The molecule has 0 saturated heterocycles. The van der Waals surface area contributed by atoms with Gasteiger partial charge in [-0.05, 0) is 0 Å². The number of alkyl halides is 1. The molecule has 1 aromatic rings. The van der Waals surface area contributed by atoms with Crippen molar-refractivity contribution in [1.29, 1.82) is 0 Å². The van der Waals surface area contributed by atoms with E-state index in [0.29, 0.717) is 12.4 Å². The van der Waals surface area contributed by atoms with E-state index in [1.54, 1.807) is 12.1 Å². The van der Waals surface area contributed by atoms with Crippen LogP contribution in [0.3, 0.4) is 0 Å². The van der Waals surface area contributed by atoms with Crippen LogP contribution in [0.2, 0.25) is 0 Å². The van der Waals surface area contributed by atoms with Crippen molar-refractivity contribution in [3.05, 3.63) is 24.3 Å². The fourth-order valence-corrected chi connectivity index (χ4v) is 2.54. The van der Waals surface area contributed by atoms with E-state index in [1.165, 1.54) is 12.1 Å². The summed E-state index contributed by atoms with van der Waals surface area (Å²) < 4.78 is 29.0. The second kappa shape index (κ2) is 5.08. The number of benzene rings is 1.